The molecule has 10 heteroatoms. The minimum absolute atomic E-state index is 0.110. The third-order valence-corrected chi connectivity index (χ3v) is 6.79. The predicted octanol–water partition coefficient (Wildman–Crippen LogP) is 3.78. The van der Waals surface area contributed by atoms with E-state index in [0.717, 1.165) is 51.4 Å². The van der Waals surface area contributed by atoms with E-state index < -0.39 is 37.7 Å². The second kappa shape index (κ2) is 16.9. The maximum absolute atomic E-state index is 13.3. The lowest BCUT2D eigenvalue weighted by molar-refractivity contribution is -0.870. The summed E-state index contributed by atoms with van der Waals surface area (Å²) in [5, 5.41) is 20.3. The van der Waals surface area contributed by atoms with Gasteiger partial charge in [-0.1, -0.05) is 65.2 Å². The Kier molecular flexibility index (Phi) is 16.6. The van der Waals surface area contributed by atoms with E-state index in [1.54, 1.807) is 0 Å². The van der Waals surface area contributed by atoms with Gasteiger partial charge < -0.3 is 19.6 Å². The zero-order valence-electron chi connectivity index (χ0n) is 22.0. The van der Waals surface area contributed by atoms with Crippen molar-refractivity contribution in [2.75, 3.05) is 40.9 Å². The van der Waals surface area contributed by atoms with Gasteiger partial charge in [-0.3, -0.25) is 18.6 Å². The van der Waals surface area contributed by atoms with Gasteiger partial charge in [-0.05, 0) is 12.8 Å². The molecular formula is C24H49NO8P+. The minimum Gasteiger partial charge on any atom is -0.394 e. The summed E-state index contributed by atoms with van der Waals surface area (Å²) in [6, 6.07) is 0. The van der Waals surface area contributed by atoms with Crippen molar-refractivity contribution in [2.45, 2.75) is 103 Å². The molecule has 0 heterocycles. The smallest absolute Gasteiger partial charge is 0.394 e. The number of likely N-dealkylation sites (N-methyl/N-ethyl adjacent to an activating group) is 1. The lowest BCUT2D eigenvalue weighted by Crippen LogP contribution is -2.58. The molecule has 3 N–H and O–H groups in total. The molecule has 0 aliphatic heterocycles. The van der Waals surface area contributed by atoms with Crippen LogP contribution in [0.5, 0.6) is 0 Å². The van der Waals surface area contributed by atoms with Gasteiger partial charge in [-0.25, -0.2) is 4.57 Å². The van der Waals surface area contributed by atoms with Gasteiger partial charge in [0.2, 0.25) is 5.60 Å². The molecule has 0 aliphatic carbocycles. The fourth-order valence-corrected chi connectivity index (χ4v) is 4.66. The highest BCUT2D eigenvalue weighted by Gasteiger charge is 2.55. The van der Waals surface area contributed by atoms with Crippen LogP contribution in [0.3, 0.4) is 0 Å². The first kappa shape index (κ1) is 33.3. The number of quaternary nitrogens is 1. The van der Waals surface area contributed by atoms with Gasteiger partial charge in [0.1, 0.15) is 19.3 Å². The lowest BCUT2D eigenvalue weighted by Gasteiger charge is -2.35. The number of nitrogens with zero attached hydrogens (tertiary/aromatic N) is 1. The van der Waals surface area contributed by atoms with Crippen molar-refractivity contribution >= 4 is 19.4 Å². The zero-order valence-corrected chi connectivity index (χ0v) is 22.9. The maximum Gasteiger partial charge on any atom is 0.473 e. The van der Waals surface area contributed by atoms with E-state index in [0.29, 0.717) is 23.9 Å². The van der Waals surface area contributed by atoms with Crippen molar-refractivity contribution in [3.8, 4) is 0 Å². The first-order chi connectivity index (χ1) is 15.9. The van der Waals surface area contributed by atoms with Crippen LogP contribution < -0.4 is 0 Å². The monoisotopic (exact) mass is 510 g/mol. The summed E-state index contributed by atoms with van der Waals surface area (Å²) in [6.07, 6.45) is 6.10. The number of hydrogen-bond donors (Lipinski definition) is 3. The lowest BCUT2D eigenvalue weighted by atomic mass is 9.82. The van der Waals surface area contributed by atoms with Gasteiger partial charge in [0.15, 0.2) is 11.6 Å². The number of ketones is 2. The number of Topliss-reactive ketones (excluding diaryl/α,β-unsaturated/α-hetero) is 2. The van der Waals surface area contributed by atoms with Gasteiger partial charge in [0.25, 0.3) is 0 Å². The van der Waals surface area contributed by atoms with E-state index in [-0.39, 0.29) is 19.4 Å². The number of phosphoric acid groups is 1. The van der Waals surface area contributed by atoms with Crippen LogP contribution in [-0.4, -0.2) is 83.8 Å². The van der Waals surface area contributed by atoms with Crippen LogP contribution in [0, 0.1) is 0 Å². The number of aliphatic hydroxyl groups excluding tert-OH is 2. The molecule has 202 valence electrons. The van der Waals surface area contributed by atoms with Crippen molar-refractivity contribution in [1.29, 1.82) is 0 Å². The molecule has 0 aromatic rings. The molecule has 0 saturated heterocycles. The Hall–Kier alpha value is -0.670. The number of hydrogen-bond acceptors (Lipinski definition) is 7. The molecule has 0 aliphatic rings. The van der Waals surface area contributed by atoms with Crippen molar-refractivity contribution < 1.29 is 42.8 Å². The molecule has 1 unspecified atom stereocenters. The number of phosphoric ester groups is 1. The molecule has 0 aromatic carbocycles. The molecule has 34 heavy (non-hydrogen) atoms. The number of carbonyl (C=O) groups excluding carboxylic acids is 2. The third-order valence-electron chi connectivity index (χ3n) is 5.76. The van der Waals surface area contributed by atoms with Crippen LogP contribution in [0.2, 0.25) is 0 Å². The van der Waals surface area contributed by atoms with Gasteiger partial charge in [0, 0.05) is 12.8 Å². The molecule has 2 atom stereocenters. The van der Waals surface area contributed by atoms with Crippen LogP contribution in [0.15, 0.2) is 0 Å². The molecule has 0 bridgehead atoms. The summed E-state index contributed by atoms with van der Waals surface area (Å²) in [5.74, 6) is -1.60. The molecule has 0 amide bonds. The summed E-state index contributed by atoms with van der Waals surface area (Å²) in [4.78, 5) is 36.9. The fourth-order valence-electron chi connectivity index (χ4n) is 3.61. The SMILES string of the molecule is CCCCCCCC(=O)C(OP(=O)(O)OCC[N+](C)(C)C)(C(=O)CCCCCCC)[C@@H](O)CO. The summed E-state index contributed by atoms with van der Waals surface area (Å²) in [5.41, 5.74) is -2.63. The Labute approximate surface area is 206 Å². The third kappa shape index (κ3) is 12.9. The van der Waals surface area contributed by atoms with Crippen LogP contribution in [0.1, 0.15) is 90.9 Å². The van der Waals surface area contributed by atoms with Gasteiger partial charge in [-0.15, -0.1) is 0 Å². The first-order valence-corrected chi connectivity index (χ1v) is 14.2. The predicted molar refractivity (Wildman–Crippen MR) is 132 cm³/mol. The van der Waals surface area contributed by atoms with Crippen LogP contribution in [0.25, 0.3) is 0 Å². The standard InChI is InChI=1S/C24H48NO8P/c1-6-8-10-12-14-16-21(27)24(23(29)20-26,22(28)17-15-13-11-9-7-2)33-34(30,31)32-19-18-25(3,4)5/h23,26,29H,6-20H2,1-5H3/p+1/t23-/m0/s1. The molecule has 0 radical (unpaired) electrons. The van der Waals surface area contributed by atoms with E-state index in [1.807, 2.05) is 21.1 Å². The van der Waals surface area contributed by atoms with Crippen molar-refractivity contribution in [3.63, 3.8) is 0 Å². The highest BCUT2D eigenvalue weighted by molar-refractivity contribution is 7.47. The average molecular weight is 511 g/mol. The number of unbranched alkanes of at least 4 members (excludes halogenated alkanes) is 8. The van der Waals surface area contributed by atoms with Gasteiger partial charge >= 0.3 is 7.82 Å². The molecule has 0 fully saturated rings. The highest BCUT2D eigenvalue weighted by Crippen LogP contribution is 2.49. The normalized spacial score (nSPS) is 15.2. The number of rotatable bonds is 22. The van der Waals surface area contributed by atoms with Gasteiger partial charge in [0.05, 0.1) is 27.7 Å². The number of carbonyl (C=O) groups is 2. The van der Waals surface area contributed by atoms with E-state index in [4.69, 9.17) is 9.05 Å². The van der Waals surface area contributed by atoms with Crippen molar-refractivity contribution in [2.24, 2.45) is 0 Å². The zero-order chi connectivity index (χ0) is 26.3. The molecule has 0 aromatic heterocycles. The van der Waals surface area contributed by atoms with Gasteiger partial charge in [-0.2, -0.15) is 0 Å². The van der Waals surface area contributed by atoms with Crippen molar-refractivity contribution in [3.05, 3.63) is 0 Å². The van der Waals surface area contributed by atoms with Crippen LogP contribution in [-0.2, 0) is 23.2 Å². The molecule has 0 rings (SSSR count). The molecular weight excluding hydrogens is 461 g/mol. The minimum atomic E-state index is -4.90. The first-order valence-electron chi connectivity index (χ1n) is 12.7. The summed E-state index contributed by atoms with van der Waals surface area (Å²) >= 11 is 0. The quantitative estimate of drug-likeness (QED) is 0.0868. The fraction of sp³-hybridized carbons (Fsp3) is 0.917. The summed E-state index contributed by atoms with van der Waals surface area (Å²) in [7, 11) is 0.717. The van der Waals surface area contributed by atoms with E-state index in [2.05, 4.69) is 13.8 Å². The molecule has 0 spiro atoms. The second-order valence-corrected chi connectivity index (χ2v) is 11.4. The largest absolute Gasteiger partial charge is 0.473 e. The average Bonchev–Trinajstić information content (AvgIpc) is 2.75. The topological polar surface area (TPSA) is 130 Å². The highest BCUT2D eigenvalue weighted by atomic mass is 31.2. The number of aliphatic hydroxyl groups is 2. The Balaban J connectivity index is 5.71. The van der Waals surface area contributed by atoms with Crippen molar-refractivity contribution in [1.82, 2.24) is 0 Å². The summed E-state index contributed by atoms with van der Waals surface area (Å²) < 4.78 is 23.5. The van der Waals surface area contributed by atoms with Crippen LogP contribution in [0.4, 0.5) is 0 Å². The van der Waals surface area contributed by atoms with E-state index in [1.165, 1.54) is 0 Å². The maximum atomic E-state index is 13.3. The molecule has 9 nitrogen and oxygen atoms in total. The van der Waals surface area contributed by atoms with E-state index in [9.17, 15) is 29.3 Å². The Morgan fingerprint density at radius 1 is 0.882 bits per heavy atom. The van der Waals surface area contributed by atoms with E-state index >= 15 is 0 Å². The van der Waals surface area contributed by atoms with Crippen LogP contribution >= 0.6 is 7.82 Å². The molecule has 0 saturated carbocycles. The Morgan fingerprint density at radius 2 is 1.32 bits per heavy atom. The summed E-state index contributed by atoms with van der Waals surface area (Å²) in [6.45, 7) is 3.39. The Bertz CT molecular complexity index is 609. The second-order valence-electron chi connectivity index (χ2n) is 10.0. The Morgan fingerprint density at radius 3 is 1.71 bits per heavy atom.